The smallest absolute Gasteiger partial charge is 0.120 e. The van der Waals surface area contributed by atoms with Crippen molar-refractivity contribution in [3.05, 3.63) is 28.7 Å². The molecule has 0 aromatic heterocycles. The van der Waals surface area contributed by atoms with Crippen LogP contribution >= 0.6 is 15.9 Å². The lowest BCUT2D eigenvalue weighted by molar-refractivity contribution is 0.258. The summed E-state index contributed by atoms with van der Waals surface area (Å²) in [4.78, 5) is 0. The van der Waals surface area contributed by atoms with Gasteiger partial charge in [-0.25, -0.2) is 0 Å². The fraction of sp³-hybridized carbons (Fsp3) is 0.455. The van der Waals surface area contributed by atoms with Crippen LogP contribution < -0.4 is 10.1 Å². The van der Waals surface area contributed by atoms with E-state index in [0.29, 0.717) is 5.92 Å². The molecule has 0 radical (unpaired) electrons. The second-order valence-corrected chi connectivity index (χ2v) is 4.35. The summed E-state index contributed by atoms with van der Waals surface area (Å²) >= 11 is 3.41. The van der Waals surface area contributed by atoms with Crippen LogP contribution in [-0.2, 0) is 0 Å². The SMILES string of the molecule is CNCC(C)COc1cccc(Br)c1. The molecular weight excluding hydrogens is 242 g/mol. The summed E-state index contributed by atoms with van der Waals surface area (Å²) in [5.74, 6) is 1.45. The summed E-state index contributed by atoms with van der Waals surface area (Å²) in [7, 11) is 1.95. The third-order valence-electron chi connectivity index (χ3n) is 1.88. The Balaban J connectivity index is 2.37. The van der Waals surface area contributed by atoms with Gasteiger partial charge >= 0.3 is 0 Å². The molecule has 1 unspecified atom stereocenters. The van der Waals surface area contributed by atoms with Crippen LogP contribution in [0.2, 0.25) is 0 Å². The largest absolute Gasteiger partial charge is 0.493 e. The minimum Gasteiger partial charge on any atom is -0.493 e. The quantitative estimate of drug-likeness (QED) is 0.876. The third kappa shape index (κ3) is 4.11. The molecule has 0 heterocycles. The van der Waals surface area contributed by atoms with Crippen molar-refractivity contribution in [1.29, 1.82) is 0 Å². The zero-order valence-electron chi connectivity index (χ0n) is 8.59. The van der Waals surface area contributed by atoms with E-state index >= 15 is 0 Å². The van der Waals surface area contributed by atoms with Gasteiger partial charge in [-0.15, -0.1) is 0 Å². The third-order valence-corrected chi connectivity index (χ3v) is 2.38. The van der Waals surface area contributed by atoms with Gasteiger partial charge in [0.15, 0.2) is 0 Å². The van der Waals surface area contributed by atoms with E-state index in [1.54, 1.807) is 0 Å². The highest BCUT2D eigenvalue weighted by Crippen LogP contribution is 2.18. The average Bonchev–Trinajstić information content (AvgIpc) is 2.15. The Hall–Kier alpha value is -0.540. The molecular formula is C11H16BrNO. The van der Waals surface area contributed by atoms with Gasteiger partial charge in [0.25, 0.3) is 0 Å². The van der Waals surface area contributed by atoms with Crippen LogP contribution in [0, 0.1) is 5.92 Å². The lowest BCUT2D eigenvalue weighted by Gasteiger charge is -2.12. The predicted molar refractivity (Wildman–Crippen MR) is 62.7 cm³/mol. The Morgan fingerprint density at radius 3 is 2.93 bits per heavy atom. The van der Waals surface area contributed by atoms with Gasteiger partial charge in [0.05, 0.1) is 6.61 Å². The molecule has 14 heavy (non-hydrogen) atoms. The molecule has 0 bridgehead atoms. The maximum Gasteiger partial charge on any atom is 0.120 e. The number of hydrogen-bond donors (Lipinski definition) is 1. The molecule has 1 N–H and O–H groups in total. The molecule has 0 amide bonds. The average molecular weight is 258 g/mol. The molecule has 0 saturated heterocycles. The standard InChI is InChI=1S/C11H16BrNO/c1-9(7-13-2)8-14-11-5-3-4-10(12)6-11/h3-6,9,13H,7-8H2,1-2H3. The number of halogens is 1. The van der Waals surface area contributed by atoms with Gasteiger partial charge in [0, 0.05) is 16.9 Å². The zero-order valence-corrected chi connectivity index (χ0v) is 10.2. The van der Waals surface area contributed by atoms with Gasteiger partial charge in [-0.2, -0.15) is 0 Å². The van der Waals surface area contributed by atoms with E-state index < -0.39 is 0 Å². The van der Waals surface area contributed by atoms with E-state index in [0.717, 1.165) is 23.4 Å². The van der Waals surface area contributed by atoms with E-state index in [1.165, 1.54) is 0 Å². The summed E-state index contributed by atoms with van der Waals surface area (Å²) in [5, 5.41) is 3.13. The molecule has 3 heteroatoms. The van der Waals surface area contributed by atoms with Gasteiger partial charge < -0.3 is 10.1 Å². The minimum atomic E-state index is 0.527. The van der Waals surface area contributed by atoms with Crippen LogP contribution in [0.1, 0.15) is 6.92 Å². The fourth-order valence-electron chi connectivity index (χ4n) is 1.20. The summed E-state index contributed by atoms with van der Waals surface area (Å²) in [5.41, 5.74) is 0. The van der Waals surface area contributed by atoms with E-state index in [4.69, 9.17) is 4.74 Å². The Bertz CT molecular complexity index is 278. The first-order valence-electron chi connectivity index (χ1n) is 4.75. The van der Waals surface area contributed by atoms with Crippen LogP contribution in [0.3, 0.4) is 0 Å². The zero-order chi connectivity index (χ0) is 10.4. The molecule has 78 valence electrons. The molecule has 0 spiro atoms. The lowest BCUT2D eigenvalue weighted by atomic mass is 10.2. The van der Waals surface area contributed by atoms with Crippen LogP contribution in [0.5, 0.6) is 5.75 Å². The number of rotatable bonds is 5. The van der Waals surface area contributed by atoms with Gasteiger partial charge in [-0.3, -0.25) is 0 Å². The van der Waals surface area contributed by atoms with Crippen LogP contribution in [0.25, 0.3) is 0 Å². The first-order chi connectivity index (χ1) is 6.72. The van der Waals surface area contributed by atoms with E-state index in [-0.39, 0.29) is 0 Å². The monoisotopic (exact) mass is 257 g/mol. The van der Waals surface area contributed by atoms with Crippen molar-refractivity contribution < 1.29 is 4.74 Å². The Labute approximate surface area is 93.8 Å². The van der Waals surface area contributed by atoms with Gasteiger partial charge in [0.1, 0.15) is 5.75 Å². The maximum atomic E-state index is 5.63. The molecule has 0 saturated carbocycles. The van der Waals surface area contributed by atoms with Crippen molar-refractivity contribution in [3.8, 4) is 5.75 Å². The van der Waals surface area contributed by atoms with Gasteiger partial charge in [-0.05, 0) is 25.2 Å². The van der Waals surface area contributed by atoms with Crippen molar-refractivity contribution >= 4 is 15.9 Å². The first-order valence-corrected chi connectivity index (χ1v) is 5.54. The molecule has 1 atom stereocenters. The number of ether oxygens (including phenoxy) is 1. The normalized spacial score (nSPS) is 12.5. The lowest BCUT2D eigenvalue weighted by Crippen LogP contribution is -2.21. The second kappa shape index (κ2) is 6.04. The van der Waals surface area contributed by atoms with E-state index in [9.17, 15) is 0 Å². The van der Waals surface area contributed by atoms with E-state index in [2.05, 4.69) is 28.2 Å². The fourth-order valence-corrected chi connectivity index (χ4v) is 1.58. The molecule has 1 rings (SSSR count). The molecule has 0 fully saturated rings. The van der Waals surface area contributed by atoms with Crippen molar-refractivity contribution in [2.45, 2.75) is 6.92 Å². The maximum absolute atomic E-state index is 5.63. The summed E-state index contributed by atoms with van der Waals surface area (Å²) in [6.07, 6.45) is 0. The van der Waals surface area contributed by atoms with E-state index in [1.807, 2.05) is 31.3 Å². The van der Waals surface area contributed by atoms with Crippen molar-refractivity contribution in [1.82, 2.24) is 5.32 Å². The van der Waals surface area contributed by atoms with Gasteiger partial charge in [-0.1, -0.05) is 28.9 Å². The Morgan fingerprint density at radius 1 is 1.50 bits per heavy atom. The first kappa shape index (κ1) is 11.5. The highest BCUT2D eigenvalue weighted by Gasteiger charge is 2.01. The highest BCUT2D eigenvalue weighted by atomic mass is 79.9. The highest BCUT2D eigenvalue weighted by molar-refractivity contribution is 9.10. The van der Waals surface area contributed by atoms with Crippen molar-refractivity contribution in [2.24, 2.45) is 5.92 Å². The molecule has 2 nitrogen and oxygen atoms in total. The Morgan fingerprint density at radius 2 is 2.29 bits per heavy atom. The summed E-state index contributed by atoms with van der Waals surface area (Å²) in [6.45, 7) is 3.89. The van der Waals surface area contributed by atoms with Crippen LogP contribution in [0.4, 0.5) is 0 Å². The molecule has 0 aliphatic rings. The molecule has 0 aliphatic heterocycles. The predicted octanol–water partition coefficient (Wildman–Crippen LogP) is 2.68. The van der Waals surface area contributed by atoms with Crippen molar-refractivity contribution in [2.75, 3.05) is 20.2 Å². The number of benzene rings is 1. The molecule has 0 aliphatic carbocycles. The van der Waals surface area contributed by atoms with Crippen LogP contribution in [-0.4, -0.2) is 20.2 Å². The number of nitrogens with one attached hydrogen (secondary N) is 1. The summed E-state index contributed by atoms with van der Waals surface area (Å²) in [6, 6.07) is 7.91. The molecule has 1 aromatic rings. The topological polar surface area (TPSA) is 21.3 Å². The van der Waals surface area contributed by atoms with Gasteiger partial charge in [0.2, 0.25) is 0 Å². The number of hydrogen-bond acceptors (Lipinski definition) is 2. The summed E-state index contributed by atoms with van der Waals surface area (Å²) < 4.78 is 6.68. The second-order valence-electron chi connectivity index (χ2n) is 3.43. The molecule has 1 aromatic carbocycles. The Kier molecular flexibility index (Phi) is 4.98. The van der Waals surface area contributed by atoms with Crippen LogP contribution in [0.15, 0.2) is 28.7 Å². The van der Waals surface area contributed by atoms with Crippen molar-refractivity contribution in [3.63, 3.8) is 0 Å². The minimum absolute atomic E-state index is 0.527.